The van der Waals surface area contributed by atoms with Gasteiger partial charge in [-0.1, -0.05) is 186 Å². The first kappa shape index (κ1) is 54.9. The van der Waals surface area contributed by atoms with Crippen LogP contribution in [0.1, 0.15) is 258 Å². The number of unbranched alkanes of at least 4 members (excludes halogenated alkanes) is 27. The minimum absolute atomic E-state index is 0.00872. The molecular formula is C50H94N2O5. The number of hydrogen-bond acceptors (Lipinski definition) is 5. The van der Waals surface area contributed by atoms with Gasteiger partial charge in [0.25, 0.3) is 0 Å². The van der Waals surface area contributed by atoms with Crippen LogP contribution < -0.4 is 11.1 Å². The number of allylic oxidation sites excluding steroid dienone is 4. The van der Waals surface area contributed by atoms with Gasteiger partial charge in [-0.3, -0.25) is 9.59 Å². The van der Waals surface area contributed by atoms with E-state index in [2.05, 4.69) is 43.5 Å². The van der Waals surface area contributed by atoms with Gasteiger partial charge < -0.3 is 20.9 Å². The molecular weight excluding hydrogens is 709 g/mol. The number of aliphatic carboxylic acids is 1. The number of nitrogens with two attached hydrogens (primary N) is 1. The number of ether oxygens (including phenoxy) is 1. The van der Waals surface area contributed by atoms with E-state index in [1.807, 2.05) is 0 Å². The van der Waals surface area contributed by atoms with Crippen LogP contribution in [0.3, 0.4) is 0 Å². The summed E-state index contributed by atoms with van der Waals surface area (Å²) in [6.07, 6.45) is 52.3. The van der Waals surface area contributed by atoms with Gasteiger partial charge in [0, 0.05) is 12.8 Å². The van der Waals surface area contributed by atoms with E-state index in [0.717, 1.165) is 77.0 Å². The molecule has 0 aromatic carbocycles. The number of carboxylic acid groups (broad SMARTS) is 1. The van der Waals surface area contributed by atoms with Crippen LogP contribution in [0.2, 0.25) is 0 Å². The number of carbonyl (C=O) groups excluding carboxylic acids is 2. The molecule has 1 amide bonds. The smallest absolute Gasteiger partial charge is 0.326 e. The Labute approximate surface area is 353 Å². The maximum atomic E-state index is 12.9. The molecule has 0 fully saturated rings. The molecule has 0 saturated heterocycles. The summed E-state index contributed by atoms with van der Waals surface area (Å²) in [7, 11) is 0. The molecule has 7 nitrogen and oxygen atoms in total. The van der Waals surface area contributed by atoms with Gasteiger partial charge in [0.2, 0.25) is 5.91 Å². The second kappa shape index (κ2) is 44.9. The van der Waals surface area contributed by atoms with E-state index in [1.165, 1.54) is 141 Å². The van der Waals surface area contributed by atoms with Crippen molar-refractivity contribution in [3.63, 3.8) is 0 Å². The number of esters is 1. The molecule has 0 aliphatic rings. The van der Waals surface area contributed by atoms with Crippen LogP contribution >= 0.6 is 0 Å². The Bertz CT molecular complexity index is 951. The predicted molar refractivity (Wildman–Crippen MR) is 244 cm³/mol. The molecule has 0 bridgehead atoms. The first-order valence-electron chi connectivity index (χ1n) is 24.7. The van der Waals surface area contributed by atoms with Crippen LogP contribution in [-0.2, 0) is 19.1 Å². The number of carboxylic acids is 1. The molecule has 0 aromatic rings. The Hall–Kier alpha value is -2.15. The van der Waals surface area contributed by atoms with Gasteiger partial charge in [0.1, 0.15) is 12.1 Å². The summed E-state index contributed by atoms with van der Waals surface area (Å²) < 4.78 is 6.07. The molecule has 7 heteroatoms. The molecule has 0 saturated carbocycles. The lowest BCUT2D eigenvalue weighted by Gasteiger charge is -2.18. The molecule has 2 unspecified atom stereocenters. The van der Waals surface area contributed by atoms with Gasteiger partial charge >= 0.3 is 11.9 Å². The Kier molecular flexibility index (Phi) is 43.2. The standard InChI is InChI=1S/C50H94N2O5/c1-3-5-7-9-11-13-15-17-19-21-23-25-27-29-34-38-44-49(54)57-46(40-35-31-28-26-24-22-20-18-16-14-12-10-8-6-4-2)41-36-32-30-33-37-43-48(53)52-47(50(55)56)42-39-45-51/h13,15,19,21,46-47H,3-12,14,16-18,20,22-45,51H2,1-2H3,(H,52,53)(H,55,56)/b15-13-,21-19-. The molecule has 334 valence electrons. The van der Waals surface area contributed by atoms with Crippen molar-refractivity contribution in [1.29, 1.82) is 0 Å². The van der Waals surface area contributed by atoms with E-state index in [1.54, 1.807) is 0 Å². The molecule has 2 atom stereocenters. The van der Waals surface area contributed by atoms with Gasteiger partial charge in [-0.05, 0) is 90.0 Å². The molecule has 0 aromatic heterocycles. The van der Waals surface area contributed by atoms with Crippen LogP contribution in [0.5, 0.6) is 0 Å². The summed E-state index contributed by atoms with van der Waals surface area (Å²) in [5.41, 5.74) is 5.50. The zero-order valence-corrected chi connectivity index (χ0v) is 37.7. The average molecular weight is 803 g/mol. The van der Waals surface area contributed by atoms with E-state index in [0.29, 0.717) is 32.2 Å². The fourth-order valence-corrected chi connectivity index (χ4v) is 7.54. The number of nitrogens with one attached hydrogen (secondary N) is 1. The summed E-state index contributed by atoms with van der Waals surface area (Å²) in [4.78, 5) is 36.5. The van der Waals surface area contributed by atoms with Crippen LogP contribution in [0.15, 0.2) is 24.3 Å². The minimum atomic E-state index is -1.00. The zero-order valence-electron chi connectivity index (χ0n) is 37.7. The van der Waals surface area contributed by atoms with E-state index in [9.17, 15) is 19.5 Å². The van der Waals surface area contributed by atoms with Gasteiger partial charge in [-0.2, -0.15) is 0 Å². The lowest BCUT2D eigenvalue weighted by Crippen LogP contribution is -2.40. The zero-order chi connectivity index (χ0) is 41.7. The summed E-state index contributed by atoms with van der Waals surface area (Å²) in [5.74, 6) is -1.23. The maximum Gasteiger partial charge on any atom is 0.326 e. The van der Waals surface area contributed by atoms with Crippen molar-refractivity contribution in [3.8, 4) is 0 Å². The third kappa shape index (κ3) is 41.8. The van der Waals surface area contributed by atoms with E-state index in [-0.39, 0.29) is 18.0 Å². The number of rotatable bonds is 45. The second-order valence-electron chi connectivity index (χ2n) is 16.9. The van der Waals surface area contributed by atoms with Gasteiger partial charge in [-0.25, -0.2) is 4.79 Å². The second-order valence-corrected chi connectivity index (χ2v) is 16.9. The van der Waals surface area contributed by atoms with Crippen molar-refractivity contribution < 1.29 is 24.2 Å². The minimum Gasteiger partial charge on any atom is -0.480 e. The lowest BCUT2D eigenvalue weighted by atomic mass is 10.0. The summed E-state index contributed by atoms with van der Waals surface area (Å²) in [5, 5.41) is 12.0. The fourth-order valence-electron chi connectivity index (χ4n) is 7.54. The van der Waals surface area contributed by atoms with Crippen LogP contribution in [-0.4, -0.2) is 41.6 Å². The van der Waals surface area contributed by atoms with E-state index >= 15 is 0 Å². The highest BCUT2D eigenvalue weighted by Crippen LogP contribution is 2.19. The molecule has 0 aliphatic carbocycles. The quantitative estimate of drug-likeness (QED) is 0.0320. The van der Waals surface area contributed by atoms with Crippen LogP contribution in [0.25, 0.3) is 0 Å². The van der Waals surface area contributed by atoms with Crippen molar-refractivity contribution in [1.82, 2.24) is 5.32 Å². The van der Waals surface area contributed by atoms with Gasteiger partial charge in [0.15, 0.2) is 0 Å². The Morgan fingerprint density at radius 1 is 0.509 bits per heavy atom. The van der Waals surface area contributed by atoms with Crippen molar-refractivity contribution in [2.24, 2.45) is 5.73 Å². The number of amides is 1. The van der Waals surface area contributed by atoms with Crippen LogP contribution in [0, 0.1) is 0 Å². The summed E-state index contributed by atoms with van der Waals surface area (Å²) in [6, 6.07) is -0.856. The lowest BCUT2D eigenvalue weighted by molar-refractivity contribution is -0.150. The van der Waals surface area contributed by atoms with Gasteiger partial charge in [0.05, 0.1) is 0 Å². The maximum absolute atomic E-state index is 12.9. The Morgan fingerprint density at radius 3 is 1.37 bits per heavy atom. The molecule has 57 heavy (non-hydrogen) atoms. The number of hydrogen-bond donors (Lipinski definition) is 3. The topological polar surface area (TPSA) is 119 Å². The molecule has 0 rings (SSSR count). The SMILES string of the molecule is CCCCCC/C=C\C/C=C\CCCCCCCC(=O)OC(CCCCCCCCCCCCCCCCC)CCCCCCCC(=O)NC(CCCN)C(=O)O. The van der Waals surface area contributed by atoms with E-state index < -0.39 is 12.0 Å². The molecule has 4 N–H and O–H groups in total. The largest absolute Gasteiger partial charge is 0.480 e. The molecule has 0 heterocycles. The van der Waals surface area contributed by atoms with Crippen LogP contribution in [0.4, 0.5) is 0 Å². The monoisotopic (exact) mass is 803 g/mol. The molecule has 0 radical (unpaired) electrons. The van der Waals surface area contributed by atoms with Crippen molar-refractivity contribution in [3.05, 3.63) is 24.3 Å². The number of carbonyl (C=O) groups is 3. The third-order valence-corrected chi connectivity index (χ3v) is 11.3. The predicted octanol–water partition coefficient (Wildman–Crippen LogP) is 14.4. The normalized spacial score (nSPS) is 12.8. The average Bonchev–Trinajstić information content (AvgIpc) is 3.20. The van der Waals surface area contributed by atoms with Crippen molar-refractivity contribution in [2.45, 2.75) is 270 Å². The van der Waals surface area contributed by atoms with E-state index in [4.69, 9.17) is 10.5 Å². The summed E-state index contributed by atoms with van der Waals surface area (Å²) >= 11 is 0. The highest BCUT2D eigenvalue weighted by atomic mass is 16.5. The van der Waals surface area contributed by atoms with Crippen molar-refractivity contribution in [2.75, 3.05) is 6.54 Å². The Morgan fingerprint density at radius 2 is 0.912 bits per heavy atom. The first-order chi connectivity index (χ1) is 27.9. The van der Waals surface area contributed by atoms with Gasteiger partial charge in [-0.15, -0.1) is 0 Å². The highest BCUT2D eigenvalue weighted by Gasteiger charge is 2.19. The fraction of sp³-hybridized carbons (Fsp3) is 0.860. The third-order valence-electron chi connectivity index (χ3n) is 11.3. The highest BCUT2D eigenvalue weighted by molar-refractivity contribution is 5.83. The molecule has 0 aliphatic heterocycles. The van der Waals surface area contributed by atoms with Crippen molar-refractivity contribution >= 4 is 17.8 Å². The molecule has 0 spiro atoms. The Balaban J connectivity index is 4.32. The first-order valence-corrected chi connectivity index (χ1v) is 24.7. The summed E-state index contributed by atoms with van der Waals surface area (Å²) in [6.45, 7) is 4.95.